The number of phenols is 1. The maximum atomic E-state index is 11.9. The third kappa shape index (κ3) is 5.41. The molecule has 2 unspecified atom stereocenters. The van der Waals surface area contributed by atoms with Gasteiger partial charge in [0.2, 0.25) is 0 Å². The lowest BCUT2D eigenvalue weighted by Crippen LogP contribution is -2.42. The number of carboxylic acids is 1. The average molecular weight is 421 g/mol. The van der Waals surface area contributed by atoms with Crippen molar-refractivity contribution in [2.75, 3.05) is 13.7 Å². The van der Waals surface area contributed by atoms with Gasteiger partial charge < -0.3 is 20.3 Å². The van der Waals surface area contributed by atoms with Gasteiger partial charge in [0.25, 0.3) is 0 Å². The Kier molecular flexibility index (Phi) is 7.62. The van der Waals surface area contributed by atoms with E-state index in [0.717, 1.165) is 23.9 Å². The van der Waals surface area contributed by atoms with Gasteiger partial charge in [0.05, 0.1) is 13.0 Å². The Labute approximate surface area is 181 Å². The second-order valence-corrected chi connectivity index (χ2v) is 7.46. The van der Waals surface area contributed by atoms with E-state index in [9.17, 15) is 14.7 Å². The van der Waals surface area contributed by atoms with Gasteiger partial charge >= 0.3 is 11.9 Å². The van der Waals surface area contributed by atoms with Crippen LogP contribution in [-0.2, 0) is 9.53 Å². The first-order valence-electron chi connectivity index (χ1n) is 10.3. The highest BCUT2D eigenvalue weighted by atomic mass is 16.5. The molecule has 1 fully saturated rings. The highest BCUT2D eigenvalue weighted by molar-refractivity contribution is 6.00. The van der Waals surface area contributed by atoms with Gasteiger partial charge in [-0.1, -0.05) is 67.1 Å². The number of aromatic carboxylic acids is 1. The van der Waals surface area contributed by atoms with Gasteiger partial charge in [-0.15, -0.1) is 0 Å². The van der Waals surface area contributed by atoms with E-state index in [-0.39, 0.29) is 29.2 Å². The van der Waals surface area contributed by atoms with Crippen molar-refractivity contribution in [3.05, 3.63) is 77.9 Å². The molecule has 1 aliphatic heterocycles. The molecule has 0 aliphatic carbocycles. The summed E-state index contributed by atoms with van der Waals surface area (Å²) in [6, 6.07) is 20.3. The van der Waals surface area contributed by atoms with Crippen LogP contribution >= 0.6 is 0 Å². The minimum atomic E-state index is -1.12. The first kappa shape index (κ1) is 22.3. The summed E-state index contributed by atoms with van der Waals surface area (Å²) in [7, 11) is 1.46. The summed E-state index contributed by atoms with van der Waals surface area (Å²) in [5.41, 5.74) is 0.974. The van der Waals surface area contributed by atoms with Gasteiger partial charge in [0, 0.05) is 11.4 Å². The van der Waals surface area contributed by atoms with E-state index in [4.69, 9.17) is 9.84 Å². The second kappa shape index (κ2) is 10.6. The number of hydrogen-bond donors (Lipinski definition) is 3. The third-order valence-electron chi connectivity index (χ3n) is 5.50. The maximum absolute atomic E-state index is 11.9. The van der Waals surface area contributed by atoms with Crippen LogP contribution in [0.3, 0.4) is 0 Å². The molecule has 6 heteroatoms. The van der Waals surface area contributed by atoms with Crippen molar-refractivity contribution < 1.29 is 24.5 Å². The van der Waals surface area contributed by atoms with E-state index < -0.39 is 5.97 Å². The Morgan fingerprint density at radius 1 is 1.00 bits per heavy atom. The predicted molar refractivity (Wildman–Crippen MR) is 119 cm³/mol. The summed E-state index contributed by atoms with van der Waals surface area (Å²) < 4.78 is 4.94. The quantitative estimate of drug-likeness (QED) is 0.543. The molecule has 162 valence electrons. The first-order chi connectivity index (χ1) is 15.0. The summed E-state index contributed by atoms with van der Waals surface area (Å²) in [6.07, 6.45) is 3.41. The van der Waals surface area contributed by atoms with Crippen LogP contribution in [0.5, 0.6) is 5.75 Å². The van der Waals surface area contributed by atoms with Crippen LogP contribution in [0.25, 0.3) is 10.8 Å². The van der Waals surface area contributed by atoms with Crippen molar-refractivity contribution in [1.29, 1.82) is 0 Å². The Bertz CT molecular complexity index is 1030. The van der Waals surface area contributed by atoms with Crippen LogP contribution < -0.4 is 5.32 Å². The number of hydrogen-bond acceptors (Lipinski definition) is 5. The first-order valence-corrected chi connectivity index (χ1v) is 10.3. The SMILES string of the molecule is COC(=O)C(c1ccccc1)C1CCCCN1.O=C(O)c1ccc2ccccc2c1O. The maximum Gasteiger partial charge on any atom is 0.339 e. The van der Waals surface area contributed by atoms with Crippen LogP contribution in [0.4, 0.5) is 0 Å². The second-order valence-electron chi connectivity index (χ2n) is 7.46. The molecule has 0 spiro atoms. The van der Waals surface area contributed by atoms with Gasteiger partial charge in [-0.05, 0) is 36.4 Å². The number of piperidine rings is 1. The number of carboxylic acid groups (broad SMARTS) is 1. The Morgan fingerprint density at radius 3 is 2.35 bits per heavy atom. The van der Waals surface area contributed by atoms with Gasteiger partial charge in [-0.2, -0.15) is 0 Å². The third-order valence-corrected chi connectivity index (χ3v) is 5.50. The largest absolute Gasteiger partial charge is 0.506 e. The fourth-order valence-electron chi connectivity index (χ4n) is 3.91. The predicted octanol–water partition coefficient (Wildman–Crippen LogP) is 4.33. The molecule has 3 aromatic rings. The van der Waals surface area contributed by atoms with E-state index >= 15 is 0 Å². The summed E-state index contributed by atoms with van der Waals surface area (Å²) in [6.45, 7) is 0.991. The van der Waals surface area contributed by atoms with Gasteiger partial charge in [0.1, 0.15) is 11.3 Å². The number of nitrogens with one attached hydrogen (secondary N) is 1. The van der Waals surface area contributed by atoms with Crippen molar-refractivity contribution in [2.45, 2.75) is 31.2 Å². The van der Waals surface area contributed by atoms with E-state index in [2.05, 4.69) is 5.32 Å². The molecular weight excluding hydrogens is 394 g/mol. The molecule has 3 aromatic carbocycles. The zero-order chi connectivity index (χ0) is 22.2. The lowest BCUT2D eigenvalue weighted by molar-refractivity contribution is -0.143. The van der Waals surface area contributed by atoms with Crippen LogP contribution in [0.2, 0.25) is 0 Å². The van der Waals surface area contributed by atoms with E-state index in [1.165, 1.54) is 26.0 Å². The molecule has 31 heavy (non-hydrogen) atoms. The Morgan fingerprint density at radius 2 is 1.71 bits per heavy atom. The topological polar surface area (TPSA) is 95.9 Å². The molecular formula is C25H27NO5. The molecule has 0 saturated carbocycles. The summed E-state index contributed by atoms with van der Waals surface area (Å²) in [4.78, 5) is 22.7. The zero-order valence-electron chi connectivity index (χ0n) is 17.5. The van der Waals surface area contributed by atoms with Crippen LogP contribution in [-0.4, -0.2) is 41.8 Å². The highest BCUT2D eigenvalue weighted by Gasteiger charge is 2.31. The summed E-state index contributed by atoms with van der Waals surface area (Å²) in [5.74, 6) is -1.61. The summed E-state index contributed by atoms with van der Waals surface area (Å²) in [5, 5.41) is 23.2. The fourth-order valence-corrected chi connectivity index (χ4v) is 3.91. The van der Waals surface area contributed by atoms with Crippen molar-refractivity contribution in [2.24, 2.45) is 0 Å². The summed E-state index contributed by atoms with van der Waals surface area (Å²) >= 11 is 0. The molecule has 1 aliphatic rings. The number of benzene rings is 3. The number of ether oxygens (including phenoxy) is 1. The van der Waals surface area contributed by atoms with Crippen LogP contribution in [0.1, 0.15) is 41.1 Å². The van der Waals surface area contributed by atoms with Gasteiger partial charge in [0.15, 0.2) is 0 Å². The number of fused-ring (bicyclic) bond motifs is 1. The van der Waals surface area contributed by atoms with Crippen LogP contribution in [0, 0.1) is 0 Å². The average Bonchev–Trinajstić information content (AvgIpc) is 2.81. The lowest BCUT2D eigenvalue weighted by atomic mass is 9.86. The minimum Gasteiger partial charge on any atom is -0.506 e. The van der Waals surface area contributed by atoms with Crippen LogP contribution in [0.15, 0.2) is 66.7 Å². The number of aromatic hydroxyl groups is 1. The van der Waals surface area contributed by atoms with Crippen molar-refractivity contribution in [1.82, 2.24) is 5.32 Å². The number of rotatable bonds is 4. The number of carbonyl (C=O) groups excluding carboxylic acids is 1. The lowest BCUT2D eigenvalue weighted by Gasteiger charge is -2.29. The molecule has 0 amide bonds. The fraction of sp³-hybridized carbons (Fsp3) is 0.280. The normalized spacial score (nSPS) is 16.6. The number of methoxy groups -OCH3 is 1. The van der Waals surface area contributed by atoms with E-state index in [1.54, 1.807) is 18.2 Å². The molecule has 4 rings (SSSR count). The van der Waals surface area contributed by atoms with E-state index in [0.29, 0.717) is 5.39 Å². The minimum absolute atomic E-state index is 0.0660. The van der Waals surface area contributed by atoms with Gasteiger partial charge in [-0.3, -0.25) is 4.79 Å². The molecule has 2 atom stereocenters. The molecule has 3 N–H and O–H groups in total. The van der Waals surface area contributed by atoms with Crippen molar-refractivity contribution in [3.8, 4) is 5.75 Å². The standard InChI is InChI=1S/C14H19NO2.C11H8O3/c1-17-14(16)13(11-7-3-2-4-8-11)12-9-5-6-10-15-12;12-10-8-4-2-1-3-7(8)5-6-9(10)11(13)14/h2-4,7-8,12-13,15H,5-6,9-10H2,1H3;1-6,12H,(H,13,14). The van der Waals surface area contributed by atoms with E-state index in [1.807, 2.05) is 42.5 Å². The Hall–Kier alpha value is -3.38. The molecule has 1 heterocycles. The molecule has 0 bridgehead atoms. The zero-order valence-corrected chi connectivity index (χ0v) is 17.5. The highest BCUT2D eigenvalue weighted by Crippen LogP contribution is 2.28. The van der Waals surface area contributed by atoms with Crippen molar-refractivity contribution in [3.63, 3.8) is 0 Å². The molecule has 6 nitrogen and oxygen atoms in total. The monoisotopic (exact) mass is 421 g/mol. The number of esters is 1. The smallest absolute Gasteiger partial charge is 0.339 e. The molecule has 0 radical (unpaired) electrons. The molecule has 1 saturated heterocycles. The van der Waals surface area contributed by atoms with Gasteiger partial charge in [-0.25, -0.2) is 4.79 Å². The molecule has 0 aromatic heterocycles. The Balaban J connectivity index is 0.000000179. The van der Waals surface area contributed by atoms with Crippen molar-refractivity contribution >= 4 is 22.7 Å². The number of carbonyl (C=O) groups is 2.